The molecule has 3 rings (SSSR count). The van der Waals surface area contributed by atoms with Crippen LogP contribution in [0.15, 0.2) is 43.0 Å². The zero-order chi connectivity index (χ0) is 16.8. The summed E-state index contributed by atoms with van der Waals surface area (Å²) in [5.41, 5.74) is 8.35. The smallest absolute Gasteiger partial charge is 0.0100 e. The fourth-order valence-electron chi connectivity index (χ4n) is 3.78. The standard InChI is InChI=1S/C23H27/c1-16-14-20-21(23(5,6)13-12-22(20,3)4)15-19(16)17(2)18-10-8-7-9-11-18/h7-8,10-11,14-15H,2,12-13H2,1,3-6H3. The van der Waals surface area contributed by atoms with Gasteiger partial charge in [-0.25, -0.2) is 0 Å². The Morgan fingerprint density at radius 2 is 1.65 bits per heavy atom. The normalized spacial score (nSPS) is 18.3. The van der Waals surface area contributed by atoms with E-state index >= 15 is 0 Å². The first kappa shape index (κ1) is 16.1. The summed E-state index contributed by atoms with van der Waals surface area (Å²) < 4.78 is 0. The predicted octanol–water partition coefficient (Wildman–Crippen LogP) is 6.21. The van der Waals surface area contributed by atoms with Gasteiger partial charge in [0.05, 0.1) is 0 Å². The van der Waals surface area contributed by atoms with E-state index < -0.39 is 0 Å². The quantitative estimate of drug-likeness (QED) is 0.619. The van der Waals surface area contributed by atoms with Crippen LogP contribution in [-0.4, -0.2) is 0 Å². The Bertz CT molecular complexity index is 745. The minimum absolute atomic E-state index is 0.233. The highest BCUT2D eigenvalue weighted by atomic mass is 14.4. The number of hydrogen-bond acceptors (Lipinski definition) is 0. The highest BCUT2D eigenvalue weighted by molar-refractivity contribution is 5.80. The average molecular weight is 303 g/mol. The van der Waals surface area contributed by atoms with Crippen LogP contribution in [0.25, 0.3) is 5.57 Å². The number of rotatable bonds is 2. The van der Waals surface area contributed by atoms with Crippen molar-refractivity contribution < 1.29 is 0 Å². The largest absolute Gasteiger partial charge is 0.0905 e. The van der Waals surface area contributed by atoms with Crippen LogP contribution >= 0.6 is 0 Å². The fraction of sp³-hybridized carbons (Fsp3) is 0.391. The van der Waals surface area contributed by atoms with Crippen molar-refractivity contribution in [1.29, 1.82) is 0 Å². The zero-order valence-corrected chi connectivity index (χ0v) is 15.1. The van der Waals surface area contributed by atoms with Crippen LogP contribution in [0.1, 0.15) is 68.4 Å². The lowest BCUT2D eigenvalue weighted by atomic mass is 9.62. The highest BCUT2D eigenvalue weighted by Crippen LogP contribution is 2.47. The van der Waals surface area contributed by atoms with Gasteiger partial charge in [-0.05, 0) is 76.1 Å². The van der Waals surface area contributed by atoms with Gasteiger partial charge in [-0.3, -0.25) is 0 Å². The van der Waals surface area contributed by atoms with E-state index in [-0.39, 0.29) is 10.8 Å². The number of hydrogen-bond donors (Lipinski definition) is 0. The minimum Gasteiger partial charge on any atom is -0.0905 e. The molecule has 0 saturated heterocycles. The molecule has 0 amide bonds. The monoisotopic (exact) mass is 303 g/mol. The van der Waals surface area contributed by atoms with Gasteiger partial charge in [0.25, 0.3) is 0 Å². The molecule has 0 saturated carbocycles. The summed E-state index contributed by atoms with van der Waals surface area (Å²) in [7, 11) is 0. The van der Waals surface area contributed by atoms with E-state index in [4.69, 9.17) is 0 Å². The summed E-state index contributed by atoms with van der Waals surface area (Å²) >= 11 is 0. The van der Waals surface area contributed by atoms with Crippen molar-refractivity contribution in [3.05, 3.63) is 76.9 Å². The maximum Gasteiger partial charge on any atom is -0.0100 e. The SMILES string of the molecule is C=C(c1c[c]ccc1)c1cc2c(cc1C)C(C)(C)CCC2(C)C. The van der Waals surface area contributed by atoms with Crippen LogP contribution < -0.4 is 0 Å². The summed E-state index contributed by atoms with van der Waals surface area (Å²) in [6.45, 7) is 16.1. The lowest BCUT2D eigenvalue weighted by Crippen LogP contribution is -2.34. The number of aryl methyl sites for hydroxylation is 1. The Hall–Kier alpha value is -1.82. The van der Waals surface area contributed by atoms with E-state index in [2.05, 4.69) is 65.5 Å². The lowest BCUT2D eigenvalue weighted by molar-refractivity contribution is 0.331. The molecule has 0 fully saturated rings. The van der Waals surface area contributed by atoms with Crippen LogP contribution in [0.5, 0.6) is 0 Å². The molecule has 23 heavy (non-hydrogen) atoms. The fourth-order valence-corrected chi connectivity index (χ4v) is 3.78. The van der Waals surface area contributed by atoms with Crippen molar-refractivity contribution in [3.8, 4) is 0 Å². The summed E-state index contributed by atoms with van der Waals surface area (Å²) in [6.07, 6.45) is 2.49. The van der Waals surface area contributed by atoms with Gasteiger partial charge >= 0.3 is 0 Å². The molecule has 0 N–H and O–H groups in total. The summed E-state index contributed by atoms with van der Waals surface area (Å²) in [5, 5.41) is 0. The second-order valence-electron chi connectivity index (χ2n) is 8.25. The predicted molar refractivity (Wildman–Crippen MR) is 99.9 cm³/mol. The molecular formula is C23H27. The molecule has 1 radical (unpaired) electrons. The molecule has 0 bridgehead atoms. The number of fused-ring (bicyclic) bond motifs is 1. The minimum atomic E-state index is 0.233. The van der Waals surface area contributed by atoms with Crippen molar-refractivity contribution >= 4 is 5.57 Å². The molecule has 0 spiro atoms. The third kappa shape index (κ3) is 2.76. The summed E-state index contributed by atoms with van der Waals surface area (Å²) in [6, 6.07) is 16.1. The highest BCUT2D eigenvalue weighted by Gasteiger charge is 2.37. The van der Waals surface area contributed by atoms with Gasteiger partial charge in [0, 0.05) is 0 Å². The number of benzene rings is 2. The molecular weight excluding hydrogens is 276 g/mol. The first-order valence-corrected chi connectivity index (χ1v) is 8.54. The van der Waals surface area contributed by atoms with Crippen molar-refractivity contribution in [1.82, 2.24) is 0 Å². The Morgan fingerprint density at radius 1 is 1.04 bits per heavy atom. The van der Waals surface area contributed by atoms with Crippen LogP contribution in [-0.2, 0) is 10.8 Å². The van der Waals surface area contributed by atoms with Gasteiger partial charge in [-0.2, -0.15) is 0 Å². The molecule has 2 aromatic rings. The van der Waals surface area contributed by atoms with E-state index in [9.17, 15) is 0 Å². The summed E-state index contributed by atoms with van der Waals surface area (Å²) in [4.78, 5) is 0. The van der Waals surface area contributed by atoms with Crippen molar-refractivity contribution in [2.75, 3.05) is 0 Å². The van der Waals surface area contributed by atoms with Crippen LogP contribution in [0, 0.1) is 13.0 Å². The van der Waals surface area contributed by atoms with E-state index in [0.717, 1.165) is 11.1 Å². The van der Waals surface area contributed by atoms with Gasteiger partial charge in [0.1, 0.15) is 0 Å². The third-order valence-corrected chi connectivity index (χ3v) is 5.58. The average Bonchev–Trinajstić information content (AvgIpc) is 2.52. The van der Waals surface area contributed by atoms with Crippen LogP contribution in [0.3, 0.4) is 0 Å². The molecule has 1 aliphatic carbocycles. The molecule has 0 atom stereocenters. The summed E-state index contributed by atoms with van der Waals surface area (Å²) in [5.74, 6) is 0. The Morgan fingerprint density at radius 3 is 2.22 bits per heavy atom. The first-order valence-electron chi connectivity index (χ1n) is 8.54. The second kappa shape index (κ2) is 5.37. The van der Waals surface area contributed by atoms with Gasteiger partial charge in [0.15, 0.2) is 0 Å². The Balaban J connectivity index is 2.17. The van der Waals surface area contributed by atoms with Crippen molar-refractivity contribution in [2.24, 2.45) is 0 Å². The van der Waals surface area contributed by atoms with E-state index in [1.165, 1.54) is 35.1 Å². The van der Waals surface area contributed by atoms with Gasteiger partial charge in [0.2, 0.25) is 0 Å². The third-order valence-electron chi connectivity index (χ3n) is 5.58. The molecule has 0 aliphatic heterocycles. The van der Waals surface area contributed by atoms with Crippen LogP contribution in [0.4, 0.5) is 0 Å². The maximum absolute atomic E-state index is 4.37. The molecule has 0 nitrogen and oxygen atoms in total. The maximum atomic E-state index is 4.37. The molecule has 0 unspecified atom stereocenters. The molecule has 0 heterocycles. The molecule has 119 valence electrons. The topological polar surface area (TPSA) is 0 Å². The van der Waals surface area contributed by atoms with Gasteiger partial charge in [-0.1, -0.05) is 64.6 Å². The molecule has 0 aromatic heterocycles. The van der Waals surface area contributed by atoms with Crippen molar-refractivity contribution in [2.45, 2.75) is 58.3 Å². The zero-order valence-electron chi connectivity index (χ0n) is 15.1. The van der Waals surface area contributed by atoms with Gasteiger partial charge < -0.3 is 0 Å². The Labute approximate surface area is 141 Å². The van der Waals surface area contributed by atoms with Gasteiger partial charge in [-0.15, -0.1) is 0 Å². The first-order chi connectivity index (χ1) is 10.7. The molecule has 2 aromatic carbocycles. The van der Waals surface area contributed by atoms with E-state index in [1.807, 2.05) is 18.2 Å². The lowest BCUT2D eigenvalue weighted by Gasteiger charge is -2.42. The van der Waals surface area contributed by atoms with E-state index in [0.29, 0.717) is 0 Å². The van der Waals surface area contributed by atoms with Crippen molar-refractivity contribution in [3.63, 3.8) is 0 Å². The Kier molecular flexibility index (Phi) is 3.75. The molecule has 1 aliphatic rings. The molecule has 0 heteroatoms. The van der Waals surface area contributed by atoms with Crippen LogP contribution in [0.2, 0.25) is 0 Å². The second-order valence-corrected chi connectivity index (χ2v) is 8.25. The van der Waals surface area contributed by atoms with E-state index in [1.54, 1.807) is 0 Å².